The van der Waals surface area contributed by atoms with Gasteiger partial charge in [0.15, 0.2) is 0 Å². The van der Waals surface area contributed by atoms with Crippen LogP contribution in [0.1, 0.15) is 18.6 Å². The summed E-state index contributed by atoms with van der Waals surface area (Å²) in [4.78, 5) is 10.7. The van der Waals surface area contributed by atoms with E-state index in [-0.39, 0.29) is 18.2 Å². The van der Waals surface area contributed by atoms with Crippen molar-refractivity contribution in [2.75, 3.05) is 6.54 Å². The van der Waals surface area contributed by atoms with E-state index in [1.807, 2.05) is 0 Å². The number of amides is 1. The predicted octanol–water partition coefficient (Wildman–Crippen LogP) is 0.685. The van der Waals surface area contributed by atoms with Crippen LogP contribution in [0.5, 0.6) is 5.75 Å². The molecule has 0 saturated heterocycles. The van der Waals surface area contributed by atoms with Gasteiger partial charge < -0.3 is 20.6 Å². The molecule has 0 aliphatic rings. The molecule has 1 aromatic carbocycles. The summed E-state index contributed by atoms with van der Waals surface area (Å²) in [5.41, 5.74) is 0.451. The van der Waals surface area contributed by atoms with Crippen molar-refractivity contribution >= 4 is 21.8 Å². The molecule has 0 spiro atoms. The molecule has 6 heteroatoms. The lowest BCUT2D eigenvalue weighted by molar-refractivity contribution is -0.119. The molecule has 0 radical (unpaired) electrons. The average molecular weight is 304 g/mol. The van der Waals surface area contributed by atoms with E-state index in [0.717, 1.165) is 0 Å². The Labute approximate surface area is 107 Å². The van der Waals surface area contributed by atoms with Gasteiger partial charge in [-0.2, -0.15) is 0 Å². The lowest BCUT2D eigenvalue weighted by Gasteiger charge is -2.18. The number of carbonyl (C=O) groups is 1. The Morgan fingerprint density at radius 1 is 1.47 bits per heavy atom. The highest BCUT2D eigenvalue weighted by Crippen LogP contribution is 2.28. The standard InChI is InChI=1S/C11H14BrNO4/c1-6(14)13-5-10(16)11(17)7-2-3-9(15)8(12)4-7/h2-4,10-11,15-17H,5H2,1H3,(H,13,14). The van der Waals surface area contributed by atoms with E-state index in [1.54, 1.807) is 0 Å². The van der Waals surface area contributed by atoms with Gasteiger partial charge in [0, 0.05) is 13.5 Å². The number of nitrogens with one attached hydrogen (secondary N) is 1. The summed E-state index contributed by atoms with van der Waals surface area (Å²) in [7, 11) is 0. The number of hydrogen-bond donors (Lipinski definition) is 4. The van der Waals surface area contributed by atoms with E-state index in [1.165, 1.54) is 25.1 Å². The van der Waals surface area contributed by atoms with Gasteiger partial charge in [-0.05, 0) is 33.6 Å². The van der Waals surface area contributed by atoms with Crippen LogP contribution in [-0.2, 0) is 4.79 Å². The van der Waals surface area contributed by atoms with Gasteiger partial charge in [0.25, 0.3) is 0 Å². The summed E-state index contributed by atoms with van der Waals surface area (Å²) in [5, 5.41) is 31.2. The number of halogens is 1. The SMILES string of the molecule is CC(=O)NCC(O)C(O)c1ccc(O)c(Br)c1. The zero-order valence-electron chi connectivity index (χ0n) is 9.22. The molecular weight excluding hydrogens is 290 g/mol. The topological polar surface area (TPSA) is 89.8 Å². The van der Waals surface area contributed by atoms with Gasteiger partial charge in [-0.3, -0.25) is 4.79 Å². The monoisotopic (exact) mass is 303 g/mol. The molecule has 0 bridgehead atoms. The van der Waals surface area contributed by atoms with Gasteiger partial charge in [-0.15, -0.1) is 0 Å². The van der Waals surface area contributed by atoms with Crippen LogP contribution >= 0.6 is 15.9 Å². The number of aliphatic hydroxyl groups is 2. The number of aliphatic hydroxyl groups excluding tert-OH is 2. The van der Waals surface area contributed by atoms with Crippen LogP contribution in [0.4, 0.5) is 0 Å². The van der Waals surface area contributed by atoms with Crippen LogP contribution in [0.3, 0.4) is 0 Å². The third kappa shape index (κ3) is 3.99. The molecule has 0 fully saturated rings. The third-order valence-corrected chi connectivity index (χ3v) is 2.87. The second kappa shape index (κ2) is 6.00. The zero-order valence-corrected chi connectivity index (χ0v) is 10.8. The Bertz CT molecular complexity index is 410. The van der Waals surface area contributed by atoms with E-state index < -0.39 is 12.2 Å². The first-order valence-electron chi connectivity index (χ1n) is 5.00. The quantitative estimate of drug-likeness (QED) is 0.659. The number of aromatic hydroxyl groups is 1. The van der Waals surface area contributed by atoms with Crippen LogP contribution in [0.2, 0.25) is 0 Å². The maximum absolute atomic E-state index is 10.7. The highest BCUT2D eigenvalue weighted by molar-refractivity contribution is 9.10. The highest BCUT2D eigenvalue weighted by atomic mass is 79.9. The van der Waals surface area contributed by atoms with Crippen molar-refractivity contribution < 1.29 is 20.1 Å². The first-order valence-corrected chi connectivity index (χ1v) is 5.80. The van der Waals surface area contributed by atoms with Gasteiger partial charge in [0.2, 0.25) is 5.91 Å². The minimum Gasteiger partial charge on any atom is -0.507 e. The number of phenols is 1. The van der Waals surface area contributed by atoms with Gasteiger partial charge >= 0.3 is 0 Å². The van der Waals surface area contributed by atoms with E-state index in [0.29, 0.717) is 10.0 Å². The summed E-state index contributed by atoms with van der Waals surface area (Å²) in [6.45, 7) is 1.30. The minimum atomic E-state index is -1.13. The number of hydrogen-bond acceptors (Lipinski definition) is 4. The second-order valence-electron chi connectivity index (χ2n) is 3.66. The molecule has 2 unspecified atom stereocenters. The van der Waals surface area contributed by atoms with Gasteiger partial charge in [-0.25, -0.2) is 0 Å². The number of rotatable bonds is 4. The summed E-state index contributed by atoms with van der Waals surface area (Å²) < 4.78 is 0.431. The molecule has 0 saturated carbocycles. The smallest absolute Gasteiger partial charge is 0.216 e. The molecule has 17 heavy (non-hydrogen) atoms. The molecule has 94 valence electrons. The zero-order chi connectivity index (χ0) is 13.0. The largest absolute Gasteiger partial charge is 0.507 e. The van der Waals surface area contributed by atoms with Crippen molar-refractivity contribution in [3.8, 4) is 5.75 Å². The summed E-state index contributed by atoms with van der Waals surface area (Å²) in [6, 6.07) is 4.42. The summed E-state index contributed by atoms with van der Waals surface area (Å²) in [6.07, 6.45) is -2.23. The Morgan fingerprint density at radius 2 is 2.12 bits per heavy atom. The fraction of sp³-hybridized carbons (Fsp3) is 0.364. The van der Waals surface area contributed by atoms with Crippen molar-refractivity contribution in [2.24, 2.45) is 0 Å². The number of phenolic OH excluding ortho intramolecular Hbond substituents is 1. The predicted molar refractivity (Wildman–Crippen MR) is 65.5 cm³/mol. The Balaban J connectivity index is 2.70. The molecule has 0 aromatic heterocycles. The second-order valence-corrected chi connectivity index (χ2v) is 4.51. The van der Waals surface area contributed by atoms with E-state index in [9.17, 15) is 20.1 Å². The van der Waals surface area contributed by atoms with Crippen molar-refractivity contribution in [3.05, 3.63) is 28.2 Å². The van der Waals surface area contributed by atoms with Crippen LogP contribution in [0, 0.1) is 0 Å². The number of carbonyl (C=O) groups excluding carboxylic acids is 1. The minimum absolute atomic E-state index is 0.0327. The highest BCUT2D eigenvalue weighted by Gasteiger charge is 2.19. The molecule has 0 aliphatic carbocycles. The van der Waals surface area contributed by atoms with Crippen LogP contribution in [0.15, 0.2) is 22.7 Å². The van der Waals surface area contributed by atoms with E-state index >= 15 is 0 Å². The lowest BCUT2D eigenvalue weighted by atomic mass is 10.0. The third-order valence-electron chi connectivity index (χ3n) is 2.24. The van der Waals surface area contributed by atoms with Gasteiger partial charge in [0.1, 0.15) is 18.0 Å². The van der Waals surface area contributed by atoms with Crippen molar-refractivity contribution in [1.82, 2.24) is 5.32 Å². The van der Waals surface area contributed by atoms with Crippen LogP contribution < -0.4 is 5.32 Å². The van der Waals surface area contributed by atoms with E-state index in [2.05, 4.69) is 21.2 Å². The van der Waals surface area contributed by atoms with Crippen LogP contribution in [-0.4, -0.2) is 33.9 Å². The Hall–Kier alpha value is -1.11. The molecule has 4 N–H and O–H groups in total. The molecule has 1 rings (SSSR count). The maximum atomic E-state index is 10.7. The van der Waals surface area contributed by atoms with Crippen molar-refractivity contribution in [2.45, 2.75) is 19.1 Å². The fourth-order valence-corrected chi connectivity index (χ4v) is 1.69. The molecular formula is C11H14BrNO4. The maximum Gasteiger partial charge on any atom is 0.216 e. The summed E-state index contributed by atoms with van der Waals surface area (Å²) in [5.74, 6) is -0.222. The van der Waals surface area contributed by atoms with E-state index in [4.69, 9.17) is 0 Å². The summed E-state index contributed by atoms with van der Waals surface area (Å²) >= 11 is 3.11. The molecule has 0 heterocycles. The first-order chi connectivity index (χ1) is 7.91. The molecule has 5 nitrogen and oxygen atoms in total. The Kier molecular flexibility index (Phi) is 4.92. The number of benzene rings is 1. The lowest BCUT2D eigenvalue weighted by Crippen LogP contribution is -2.34. The molecule has 2 atom stereocenters. The Morgan fingerprint density at radius 3 is 2.65 bits per heavy atom. The average Bonchev–Trinajstić information content (AvgIpc) is 2.28. The fourth-order valence-electron chi connectivity index (χ4n) is 1.29. The van der Waals surface area contributed by atoms with Crippen molar-refractivity contribution in [1.29, 1.82) is 0 Å². The van der Waals surface area contributed by atoms with Gasteiger partial charge in [0.05, 0.1) is 4.47 Å². The first kappa shape index (κ1) is 14.0. The van der Waals surface area contributed by atoms with Crippen LogP contribution in [0.25, 0.3) is 0 Å². The van der Waals surface area contributed by atoms with Gasteiger partial charge in [-0.1, -0.05) is 6.07 Å². The normalized spacial score (nSPS) is 14.1. The van der Waals surface area contributed by atoms with Crippen molar-refractivity contribution in [3.63, 3.8) is 0 Å². The molecule has 1 amide bonds. The molecule has 0 aliphatic heterocycles. The molecule has 1 aromatic rings.